The summed E-state index contributed by atoms with van der Waals surface area (Å²) in [6.45, 7) is 8.77. The minimum absolute atomic E-state index is 0.253. The first kappa shape index (κ1) is 25.2. The molecule has 0 aromatic heterocycles. The molecule has 1 unspecified atom stereocenters. The fourth-order valence-electron chi connectivity index (χ4n) is 3.16. The maximum absolute atomic E-state index is 13.4. The molecule has 2 aromatic carbocycles. The molecule has 32 heavy (non-hydrogen) atoms. The number of nitrogens with zero attached hydrogens (tertiary/aromatic N) is 1. The van der Waals surface area contributed by atoms with Gasteiger partial charge in [-0.05, 0) is 51.8 Å². The average molecular weight is 460 g/mol. The standard InChI is InChI=1S/C24H30ClN3O4/c1-6-28(19(29)15-26-23(31)32-24(3,4)5)21(17-12-8-7-9-13-17)22(30)27-20-16(2)11-10-14-18(20)25/h7-14,21H,6,15H2,1-5H3,(H,26,31)(H,27,30). The van der Waals surface area contributed by atoms with Gasteiger partial charge >= 0.3 is 6.09 Å². The second-order valence-corrected chi connectivity index (χ2v) is 8.68. The second-order valence-electron chi connectivity index (χ2n) is 8.27. The van der Waals surface area contributed by atoms with Gasteiger partial charge in [-0.3, -0.25) is 9.59 Å². The molecule has 0 spiro atoms. The van der Waals surface area contributed by atoms with Crippen molar-refractivity contribution in [1.82, 2.24) is 10.2 Å². The molecule has 0 saturated heterocycles. The van der Waals surface area contributed by atoms with E-state index in [0.717, 1.165) is 5.56 Å². The number of anilines is 1. The molecule has 0 aliphatic carbocycles. The fourth-order valence-corrected chi connectivity index (χ4v) is 3.43. The Bertz CT molecular complexity index is 937. The highest BCUT2D eigenvalue weighted by molar-refractivity contribution is 6.34. The van der Waals surface area contributed by atoms with Crippen LogP contribution in [0.1, 0.15) is 44.9 Å². The van der Waals surface area contributed by atoms with Gasteiger partial charge in [-0.25, -0.2) is 4.79 Å². The molecular formula is C24H30ClN3O4. The number of halogens is 1. The second kappa shape index (κ2) is 11.0. The molecule has 2 aromatic rings. The lowest BCUT2D eigenvalue weighted by Crippen LogP contribution is -2.46. The fraction of sp³-hybridized carbons (Fsp3) is 0.375. The first-order valence-corrected chi connectivity index (χ1v) is 10.8. The predicted molar refractivity (Wildman–Crippen MR) is 126 cm³/mol. The minimum atomic E-state index is -0.912. The van der Waals surface area contributed by atoms with Crippen molar-refractivity contribution in [1.29, 1.82) is 0 Å². The summed E-state index contributed by atoms with van der Waals surface area (Å²) in [6, 6.07) is 13.4. The van der Waals surface area contributed by atoms with E-state index >= 15 is 0 Å². The zero-order chi connectivity index (χ0) is 23.9. The Morgan fingerprint density at radius 2 is 1.72 bits per heavy atom. The van der Waals surface area contributed by atoms with Crippen molar-refractivity contribution < 1.29 is 19.1 Å². The number of carbonyl (C=O) groups excluding carboxylic acids is 3. The number of alkyl carbamates (subject to hydrolysis) is 1. The Balaban J connectivity index is 2.27. The molecule has 2 N–H and O–H groups in total. The summed E-state index contributed by atoms with van der Waals surface area (Å²) in [5.41, 5.74) is 1.26. The van der Waals surface area contributed by atoms with Crippen LogP contribution in [0.3, 0.4) is 0 Å². The molecule has 0 saturated carbocycles. The minimum Gasteiger partial charge on any atom is -0.444 e. The molecule has 3 amide bonds. The average Bonchev–Trinajstić information content (AvgIpc) is 2.72. The summed E-state index contributed by atoms with van der Waals surface area (Å²) in [5, 5.41) is 5.74. The number of hydrogen-bond acceptors (Lipinski definition) is 4. The van der Waals surface area contributed by atoms with Crippen LogP contribution in [0.2, 0.25) is 5.02 Å². The summed E-state index contributed by atoms with van der Waals surface area (Å²) in [5.74, 6) is -0.821. The Kier molecular flexibility index (Phi) is 8.66. The lowest BCUT2D eigenvalue weighted by molar-refractivity contribution is -0.138. The maximum Gasteiger partial charge on any atom is 0.408 e. The van der Waals surface area contributed by atoms with Crippen molar-refractivity contribution in [2.75, 3.05) is 18.4 Å². The van der Waals surface area contributed by atoms with E-state index in [4.69, 9.17) is 16.3 Å². The third-order valence-corrected chi connectivity index (χ3v) is 4.90. The number of hydrogen-bond donors (Lipinski definition) is 2. The SMILES string of the molecule is CCN(C(=O)CNC(=O)OC(C)(C)C)C(C(=O)Nc1c(C)cccc1Cl)c1ccccc1. The highest BCUT2D eigenvalue weighted by atomic mass is 35.5. The monoisotopic (exact) mass is 459 g/mol. The quantitative estimate of drug-likeness (QED) is 0.628. The summed E-state index contributed by atoms with van der Waals surface area (Å²) >= 11 is 6.28. The van der Waals surface area contributed by atoms with Gasteiger partial charge in [0.25, 0.3) is 5.91 Å². The van der Waals surface area contributed by atoms with E-state index in [0.29, 0.717) is 16.3 Å². The number of nitrogens with one attached hydrogen (secondary N) is 2. The van der Waals surface area contributed by atoms with E-state index in [2.05, 4.69) is 10.6 Å². The molecular weight excluding hydrogens is 430 g/mol. The van der Waals surface area contributed by atoms with Crippen molar-refractivity contribution in [3.8, 4) is 0 Å². The number of ether oxygens (including phenoxy) is 1. The number of carbonyl (C=O) groups is 3. The van der Waals surface area contributed by atoms with Crippen LogP contribution in [-0.2, 0) is 14.3 Å². The van der Waals surface area contributed by atoms with E-state index in [1.807, 2.05) is 19.1 Å². The molecule has 1 atom stereocenters. The van der Waals surface area contributed by atoms with Gasteiger partial charge in [-0.2, -0.15) is 0 Å². The molecule has 0 heterocycles. The van der Waals surface area contributed by atoms with Crippen molar-refractivity contribution in [2.45, 2.75) is 46.3 Å². The molecule has 0 aliphatic rings. The molecule has 0 radical (unpaired) electrons. The Morgan fingerprint density at radius 1 is 1.06 bits per heavy atom. The molecule has 2 rings (SSSR count). The third-order valence-electron chi connectivity index (χ3n) is 4.59. The number of benzene rings is 2. The molecule has 0 bridgehead atoms. The van der Waals surface area contributed by atoms with Crippen LogP contribution in [0.15, 0.2) is 48.5 Å². The first-order chi connectivity index (χ1) is 15.0. The van der Waals surface area contributed by atoms with Gasteiger partial charge in [0.2, 0.25) is 5.91 Å². The molecule has 0 aliphatic heterocycles. The normalized spacial score (nSPS) is 11.9. The molecule has 172 valence electrons. The molecule has 0 fully saturated rings. The van der Waals surface area contributed by atoms with Crippen molar-refractivity contribution in [3.63, 3.8) is 0 Å². The largest absolute Gasteiger partial charge is 0.444 e. The summed E-state index contributed by atoms with van der Waals surface area (Å²) in [7, 11) is 0. The van der Waals surface area contributed by atoms with Gasteiger partial charge in [-0.15, -0.1) is 0 Å². The van der Waals surface area contributed by atoms with Crippen LogP contribution in [0.4, 0.5) is 10.5 Å². The number of likely N-dealkylation sites (N-methyl/N-ethyl adjacent to an activating group) is 1. The number of amides is 3. The van der Waals surface area contributed by atoms with Gasteiger partial charge in [0.15, 0.2) is 0 Å². The van der Waals surface area contributed by atoms with Crippen LogP contribution in [-0.4, -0.2) is 41.5 Å². The van der Waals surface area contributed by atoms with E-state index < -0.39 is 29.6 Å². The Morgan fingerprint density at radius 3 is 2.28 bits per heavy atom. The van der Waals surface area contributed by atoms with E-state index in [-0.39, 0.29) is 13.1 Å². The zero-order valence-corrected chi connectivity index (χ0v) is 19.8. The zero-order valence-electron chi connectivity index (χ0n) is 19.1. The number of aryl methyl sites for hydroxylation is 1. The van der Waals surface area contributed by atoms with Crippen molar-refractivity contribution in [3.05, 3.63) is 64.7 Å². The van der Waals surface area contributed by atoms with E-state index in [1.54, 1.807) is 64.1 Å². The van der Waals surface area contributed by atoms with Gasteiger partial charge in [0.1, 0.15) is 18.2 Å². The third kappa shape index (κ3) is 6.99. The topological polar surface area (TPSA) is 87.7 Å². The number of rotatable bonds is 7. The van der Waals surface area contributed by atoms with Gasteiger partial charge in [-0.1, -0.05) is 54.1 Å². The summed E-state index contributed by atoms with van der Waals surface area (Å²) in [4.78, 5) is 39.7. The Hall–Kier alpha value is -3.06. The predicted octanol–water partition coefficient (Wildman–Crippen LogP) is 4.70. The van der Waals surface area contributed by atoms with Crippen LogP contribution in [0.25, 0.3) is 0 Å². The summed E-state index contributed by atoms with van der Waals surface area (Å²) < 4.78 is 5.18. The van der Waals surface area contributed by atoms with Crippen LogP contribution >= 0.6 is 11.6 Å². The lowest BCUT2D eigenvalue weighted by Gasteiger charge is -2.31. The van der Waals surface area contributed by atoms with Crippen LogP contribution < -0.4 is 10.6 Å². The highest BCUT2D eigenvalue weighted by Gasteiger charge is 2.31. The lowest BCUT2D eigenvalue weighted by atomic mass is 10.0. The summed E-state index contributed by atoms with van der Waals surface area (Å²) in [6.07, 6.45) is -0.700. The molecule has 8 heteroatoms. The highest BCUT2D eigenvalue weighted by Crippen LogP contribution is 2.28. The van der Waals surface area contributed by atoms with Crippen molar-refractivity contribution >= 4 is 35.2 Å². The molecule has 7 nitrogen and oxygen atoms in total. The van der Waals surface area contributed by atoms with Gasteiger partial charge in [0.05, 0.1) is 10.7 Å². The van der Waals surface area contributed by atoms with E-state index in [9.17, 15) is 14.4 Å². The smallest absolute Gasteiger partial charge is 0.408 e. The Labute approximate surface area is 194 Å². The maximum atomic E-state index is 13.4. The van der Waals surface area contributed by atoms with Gasteiger partial charge < -0.3 is 20.3 Å². The van der Waals surface area contributed by atoms with Crippen LogP contribution in [0, 0.1) is 6.92 Å². The van der Waals surface area contributed by atoms with E-state index in [1.165, 1.54) is 4.90 Å². The first-order valence-electron chi connectivity index (χ1n) is 10.4. The van der Waals surface area contributed by atoms with Gasteiger partial charge in [0, 0.05) is 6.54 Å². The van der Waals surface area contributed by atoms with Crippen LogP contribution in [0.5, 0.6) is 0 Å². The number of para-hydroxylation sites is 1. The van der Waals surface area contributed by atoms with Crippen molar-refractivity contribution in [2.24, 2.45) is 0 Å².